The summed E-state index contributed by atoms with van der Waals surface area (Å²) in [6, 6.07) is 3.48. The Morgan fingerprint density at radius 2 is 2.33 bits per heavy atom. The second kappa shape index (κ2) is 5.48. The quantitative estimate of drug-likeness (QED) is 0.754. The van der Waals surface area contributed by atoms with Gasteiger partial charge in [0.2, 0.25) is 5.89 Å². The monoisotopic (exact) mass is 249 g/mol. The van der Waals surface area contributed by atoms with Crippen LogP contribution in [0.1, 0.15) is 36.1 Å². The van der Waals surface area contributed by atoms with E-state index in [0.29, 0.717) is 30.6 Å². The lowest BCUT2D eigenvalue weighted by Gasteiger charge is -2.05. The van der Waals surface area contributed by atoms with Gasteiger partial charge in [-0.15, -0.1) is 0 Å². The highest BCUT2D eigenvalue weighted by Gasteiger charge is 2.14. The van der Waals surface area contributed by atoms with Crippen molar-refractivity contribution >= 4 is 5.97 Å². The van der Waals surface area contributed by atoms with Gasteiger partial charge in [-0.25, -0.2) is 4.79 Å². The molecule has 0 fully saturated rings. The van der Waals surface area contributed by atoms with Crippen molar-refractivity contribution in [3.8, 4) is 0 Å². The number of esters is 1. The molecule has 0 aliphatic heterocycles. The molecule has 0 atom stereocenters. The smallest absolute Gasteiger partial charge is 0.354 e. The third-order valence-electron chi connectivity index (χ3n) is 2.45. The third kappa shape index (κ3) is 2.58. The third-order valence-corrected chi connectivity index (χ3v) is 2.45. The van der Waals surface area contributed by atoms with Crippen LogP contribution in [0, 0.1) is 0 Å². The number of carbonyl (C=O) groups excluding carboxylic acids is 1. The molecule has 2 aromatic rings. The van der Waals surface area contributed by atoms with E-state index in [0.717, 1.165) is 6.42 Å². The summed E-state index contributed by atoms with van der Waals surface area (Å²) in [4.78, 5) is 15.9. The topological polar surface area (TPSA) is 70.2 Å². The molecular weight excluding hydrogens is 234 g/mol. The molecule has 0 aliphatic rings. The van der Waals surface area contributed by atoms with E-state index >= 15 is 0 Å². The van der Waals surface area contributed by atoms with E-state index in [1.807, 2.05) is 6.92 Å². The normalized spacial score (nSPS) is 10.6. The first-order valence-electron chi connectivity index (χ1n) is 5.88. The summed E-state index contributed by atoms with van der Waals surface area (Å²) >= 11 is 0. The molecule has 2 heterocycles. The van der Waals surface area contributed by atoms with Gasteiger partial charge in [0, 0.05) is 12.6 Å². The number of nitrogens with zero attached hydrogens (tertiary/aromatic N) is 3. The number of rotatable bonds is 5. The minimum absolute atomic E-state index is 0.349. The van der Waals surface area contributed by atoms with E-state index in [1.54, 1.807) is 29.8 Å². The van der Waals surface area contributed by atoms with E-state index in [4.69, 9.17) is 9.26 Å². The molecule has 0 spiro atoms. The Morgan fingerprint density at radius 3 is 3.00 bits per heavy atom. The van der Waals surface area contributed by atoms with Crippen molar-refractivity contribution in [1.82, 2.24) is 14.7 Å². The Hall–Kier alpha value is -2.11. The Morgan fingerprint density at radius 1 is 1.50 bits per heavy atom. The lowest BCUT2D eigenvalue weighted by Crippen LogP contribution is -2.12. The molecule has 6 heteroatoms. The first-order valence-corrected chi connectivity index (χ1v) is 5.88. The SMILES string of the molecule is CCOC(=O)c1cccn1Cc1nc(CC)no1. The van der Waals surface area contributed by atoms with Crippen molar-refractivity contribution < 1.29 is 14.1 Å². The summed E-state index contributed by atoms with van der Waals surface area (Å²) in [5, 5.41) is 3.81. The largest absolute Gasteiger partial charge is 0.461 e. The van der Waals surface area contributed by atoms with Crippen LogP contribution in [0.15, 0.2) is 22.9 Å². The van der Waals surface area contributed by atoms with Crippen LogP contribution in [0.3, 0.4) is 0 Å². The Labute approximate surface area is 105 Å². The van der Waals surface area contributed by atoms with Crippen molar-refractivity contribution in [2.75, 3.05) is 6.61 Å². The standard InChI is InChI=1S/C12H15N3O3/c1-3-10-13-11(18-14-10)8-15-7-5-6-9(15)12(16)17-4-2/h5-7H,3-4,8H2,1-2H3. The molecule has 18 heavy (non-hydrogen) atoms. The zero-order valence-electron chi connectivity index (χ0n) is 10.4. The van der Waals surface area contributed by atoms with Crippen molar-refractivity contribution in [2.24, 2.45) is 0 Å². The molecule has 0 saturated carbocycles. The van der Waals surface area contributed by atoms with Gasteiger partial charge >= 0.3 is 5.97 Å². The van der Waals surface area contributed by atoms with Gasteiger partial charge < -0.3 is 13.8 Å². The Bertz CT molecular complexity index is 530. The van der Waals surface area contributed by atoms with E-state index in [-0.39, 0.29) is 5.97 Å². The van der Waals surface area contributed by atoms with Gasteiger partial charge in [0.05, 0.1) is 6.61 Å². The summed E-state index contributed by atoms with van der Waals surface area (Å²) in [5.74, 6) is 0.793. The molecule has 96 valence electrons. The Balaban J connectivity index is 2.14. The fourth-order valence-electron chi connectivity index (χ4n) is 1.59. The van der Waals surface area contributed by atoms with E-state index < -0.39 is 0 Å². The van der Waals surface area contributed by atoms with Gasteiger partial charge in [0.25, 0.3) is 0 Å². The number of hydrogen-bond donors (Lipinski definition) is 0. The Kier molecular flexibility index (Phi) is 3.76. The molecule has 6 nitrogen and oxygen atoms in total. The van der Waals surface area contributed by atoms with Gasteiger partial charge in [0.1, 0.15) is 12.2 Å². The van der Waals surface area contributed by atoms with Gasteiger partial charge in [0.15, 0.2) is 5.82 Å². The maximum Gasteiger partial charge on any atom is 0.354 e. The fourth-order valence-corrected chi connectivity index (χ4v) is 1.59. The molecular formula is C12H15N3O3. The molecule has 0 amide bonds. The molecule has 0 bridgehead atoms. The van der Waals surface area contributed by atoms with Gasteiger partial charge in [-0.3, -0.25) is 0 Å². The number of aryl methyl sites for hydroxylation is 1. The fraction of sp³-hybridized carbons (Fsp3) is 0.417. The van der Waals surface area contributed by atoms with Crippen LogP contribution in [0.4, 0.5) is 0 Å². The first kappa shape index (κ1) is 12.3. The molecule has 0 radical (unpaired) electrons. The molecule has 0 unspecified atom stereocenters. The summed E-state index contributed by atoms with van der Waals surface area (Å²) in [5.41, 5.74) is 0.480. The highest BCUT2D eigenvalue weighted by molar-refractivity contribution is 5.87. The van der Waals surface area contributed by atoms with Crippen LogP contribution in [-0.2, 0) is 17.7 Å². The van der Waals surface area contributed by atoms with Crippen LogP contribution >= 0.6 is 0 Å². The minimum Gasteiger partial charge on any atom is -0.461 e. The molecule has 0 aliphatic carbocycles. The number of ether oxygens (including phenoxy) is 1. The average Bonchev–Trinajstić information content (AvgIpc) is 2.99. The molecule has 2 rings (SSSR count). The summed E-state index contributed by atoms with van der Waals surface area (Å²) in [6.45, 7) is 4.45. The molecule has 0 saturated heterocycles. The lowest BCUT2D eigenvalue weighted by molar-refractivity contribution is 0.0514. The van der Waals surface area contributed by atoms with Crippen LogP contribution in [0.5, 0.6) is 0 Å². The van der Waals surface area contributed by atoms with Crippen LogP contribution in [0.25, 0.3) is 0 Å². The summed E-state index contributed by atoms with van der Waals surface area (Å²) in [6.07, 6.45) is 2.50. The molecule has 0 N–H and O–H groups in total. The highest BCUT2D eigenvalue weighted by Crippen LogP contribution is 2.08. The van der Waals surface area contributed by atoms with Gasteiger partial charge in [-0.2, -0.15) is 4.98 Å². The zero-order chi connectivity index (χ0) is 13.0. The maximum atomic E-state index is 11.7. The lowest BCUT2D eigenvalue weighted by atomic mass is 10.4. The van der Waals surface area contributed by atoms with Crippen molar-refractivity contribution in [2.45, 2.75) is 26.8 Å². The van der Waals surface area contributed by atoms with Crippen LogP contribution in [0.2, 0.25) is 0 Å². The van der Waals surface area contributed by atoms with Gasteiger partial charge in [-0.05, 0) is 19.1 Å². The highest BCUT2D eigenvalue weighted by atomic mass is 16.5. The number of hydrogen-bond acceptors (Lipinski definition) is 5. The van der Waals surface area contributed by atoms with Crippen LogP contribution < -0.4 is 0 Å². The second-order valence-corrected chi connectivity index (χ2v) is 3.70. The van der Waals surface area contributed by atoms with Crippen molar-refractivity contribution in [1.29, 1.82) is 0 Å². The predicted molar refractivity (Wildman–Crippen MR) is 63.2 cm³/mol. The average molecular weight is 249 g/mol. The number of carbonyl (C=O) groups is 1. The van der Waals surface area contributed by atoms with E-state index in [1.165, 1.54) is 0 Å². The summed E-state index contributed by atoms with van der Waals surface area (Å²) in [7, 11) is 0. The van der Waals surface area contributed by atoms with E-state index in [2.05, 4.69) is 10.1 Å². The summed E-state index contributed by atoms with van der Waals surface area (Å²) < 4.78 is 11.8. The zero-order valence-corrected chi connectivity index (χ0v) is 10.4. The minimum atomic E-state index is -0.349. The maximum absolute atomic E-state index is 11.7. The van der Waals surface area contributed by atoms with Crippen molar-refractivity contribution in [3.63, 3.8) is 0 Å². The first-order chi connectivity index (χ1) is 8.74. The molecule has 0 aromatic carbocycles. The van der Waals surface area contributed by atoms with Gasteiger partial charge in [-0.1, -0.05) is 12.1 Å². The van der Waals surface area contributed by atoms with E-state index in [9.17, 15) is 4.79 Å². The second-order valence-electron chi connectivity index (χ2n) is 3.70. The number of aromatic nitrogens is 3. The molecule has 2 aromatic heterocycles. The predicted octanol–water partition coefficient (Wildman–Crippen LogP) is 1.66. The van der Waals surface area contributed by atoms with Crippen LogP contribution in [-0.4, -0.2) is 27.3 Å². The van der Waals surface area contributed by atoms with Crippen molar-refractivity contribution in [3.05, 3.63) is 35.7 Å².